The predicted octanol–water partition coefficient (Wildman–Crippen LogP) is 4.68. The summed E-state index contributed by atoms with van der Waals surface area (Å²) < 4.78 is 30.1. The molecule has 2 saturated heterocycles. The molecule has 0 aliphatic carbocycles. The van der Waals surface area contributed by atoms with Gasteiger partial charge in [0, 0.05) is 25.2 Å². The van der Waals surface area contributed by atoms with Crippen molar-refractivity contribution in [2.24, 2.45) is 9.98 Å². The van der Waals surface area contributed by atoms with E-state index in [0.717, 1.165) is 57.1 Å². The number of rotatable bonds is 2. The van der Waals surface area contributed by atoms with E-state index in [1.165, 1.54) is 12.1 Å². The van der Waals surface area contributed by atoms with Gasteiger partial charge in [-0.25, -0.2) is 18.6 Å². The second-order valence-electron chi connectivity index (χ2n) is 7.96. The summed E-state index contributed by atoms with van der Waals surface area (Å²) in [5.41, 5.74) is 0.352. The molecule has 3 aliphatic heterocycles. The van der Waals surface area contributed by atoms with Crippen LogP contribution in [0.3, 0.4) is 0 Å². The fourth-order valence-corrected chi connectivity index (χ4v) is 4.62. The highest BCUT2D eigenvalue weighted by atomic mass is 19.1. The Kier molecular flexibility index (Phi) is 4.84. The van der Waals surface area contributed by atoms with Crippen molar-refractivity contribution in [3.05, 3.63) is 47.5 Å². The molecule has 0 spiro atoms. The molecule has 6 nitrogen and oxygen atoms in total. The molecule has 0 bridgehead atoms. The SMILES string of the molecule is O=C(N=C1C=Nc2ccc(N3CCCC3c3cc(F)ccc3F)n21)N1CCCCC1. The quantitative estimate of drug-likeness (QED) is 0.721. The predicted molar refractivity (Wildman–Crippen MR) is 112 cm³/mol. The minimum atomic E-state index is -0.448. The molecule has 3 aliphatic rings. The number of carbonyl (C=O) groups excluding carboxylic acids is 1. The molecule has 30 heavy (non-hydrogen) atoms. The Morgan fingerprint density at radius 2 is 1.87 bits per heavy atom. The van der Waals surface area contributed by atoms with Gasteiger partial charge in [0.05, 0.1) is 12.3 Å². The van der Waals surface area contributed by atoms with Crippen molar-refractivity contribution in [2.45, 2.75) is 38.1 Å². The molecule has 156 valence electrons. The first-order valence-electron chi connectivity index (χ1n) is 10.5. The zero-order valence-corrected chi connectivity index (χ0v) is 16.6. The first-order valence-corrected chi connectivity index (χ1v) is 10.5. The average Bonchev–Trinajstić information content (AvgIpc) is 3.48. The van der Waals surface area contributed by atoms with Crippen molar-refractivity contribution in [3.63, 3.8) is 0 Å². The summed E-state index contributed by atoms with van der Waals surface area (Å²) in [4.78, 5) is 25.2. The van der Waals surface area contributed by atoms with Crippen molar-refractivity contribution in [1.82, 2.24) is 9.47 Å². The van der Waals surface area contributed by atoms with E-state index < -0.39 is 11.6 Å². The molecule has 0 N–H and O–H groups in total. The van der Waals surface area contributed by atoms with Gasteiger partial charge in [0.25, 0.3) is 0 Å². The highest BCUT2D eigenvalue weighted by Gasteiger charge is 2.33. The molecule has 8 heteroatoms. The summed E-state index contributed by atoms with van der Waals surface area (Å²) in [6.07, 6.45) is 6.32. The van der Waals surface area contributed by atoms with Crippen molar-refractivity contribution in [3.8, 4) is 0 Å². The van der Waals surface area contributed by atoms with Crippen LogP contribution in [0, 0.1) is 11.6 Å². The Morgan fingerprint density at radius 1 is 1.03 bits per heavy atom. The lowest BCUT2D eigenvalue weighted by molar-refractivity contribution is 0.196. The highest BCUT2D eigenvalue weighted by Crippen LogP contribution is 2.40. The number of aliphatic imine (C=N–C) groups is 2. The number of nitrogens with zero attached hydrogens (tertiary/aromatic N) is 5. The van der Waals surface area contributed by atoms with Gasteiger partial charge in [-0.1, -0.05) is 0 Å². The molecular weight excluding hydrogens is 388 g/mol. The smallest absolute Gasteiger partial charge is 0.345 e. The topological polar surface area (TPSA) is 53.2 Å². The second-order valence-corrected chi connectivity index (χ2v) is 7.96. The summed E-state index contributed by atoms with van der Waals surface area (Å²) in [6, 6.07) is 6.82. The molecule has 5 rings (SSSR count). The number of hydrogen-bond acceptors (Lipinski definition) is 3. The Labute approximate surface area is 173 Å². The van der Waals surface area contributed by atoms with Gasteiger partial charge in [-0.15, -0.1) is 0 Å². The van der Waals surface area contributed by atoms with Crippen LogP contribution in [0.5, 0.6) is 0 Å². The summed E-state index contributed by atoms with van der Waals surface area (Å²) in [7, 11) is 0. The van der Waals surface area contributed by atoms with Crippen molar-refractivity contribution < 1.29 is 13.6 Å². The van der Waals surface area contributed by atoms with Gasteiger partial charge in [0.15, 0.2) is 5.84 Å². The molecule has 2 amide bonds. The fourth-order valence-electron chi connectivity index (χ4n) is 4.62. The molecule has 4 heterocycles. The van der Waals surface area contributed by atoms with Crippen LogP contribution in [0.1, 0.15) is 43.7 Å². The number of likely N-dealkylation sites (tertiary alicyclic amines) is 1. The van der Waals surface area contributed by atoms with Crippen LogP contribution in [0.4, 0.5) is 25.2 Å². The van der Waals surface area contributed by atoms with Gasteiger partial charge in [-0.2, -0.15) is 4.99 Å². The first-order chi connectivity index (χ1) is 14.6. The number of halogens is 2. The molecule has 1 atom stereocenters. The van der Waals surface area contributed by atoms with Crippen LogP contribution in [0.2, 0.25) is 0 Å². The van der Waals surface area contributed by atoms with E-state index in [9.17, 15) is 13.6 Å². The van der Waals surface area contributed by atoms with E-state index in [0.29, 0.717) is 23.8 Å². The van der Waals surface area contributed by atoms with Crippen LogP contribution in [0.25, 0.3) is 0 Å². The van der Waals surface area contributed by atoms with Crippen LogP contribution in [0.15, 0.2) is 40.3 Å². The van der Waals surface area contributed by atoms with Gasteiger partial charge < -0.3 is 9.80 Å². The third-order valence-corrected chi connectivity index (χ3v) is 6.08. The monoisotopic (exact) mass is 411 g/mol. The van der Waals surface area contributed by atoms with Crippen LogP contribution >= 0.6 is 0 Å². The normalized spacial score (nSPS) is 22.2. The number of amides is 2. The number of benzene rings is 1. The highest BCUT2D eigenvalue weighted by molar-refractivity contribution is 6.36. The number of piperidine rings is 1. The van der Waals surface area contributed by atoms with Crippen LogP contribution in [-0.2, 0) is 0 Å². The van der Waals surface area contributed by atoms with Crippen LogP contribution < -0.4 is 4.90 Å². The number of carbonyl (C=O) groups is 1. The first kappa shape index (κ1) is 19.0. The van der Waals surface area contributed by atoms with Gasteiger partial charge in [-0.3, -0.25) is 4.57 Å². The fraction of sp³-hybridized carbons (Fsp3) is 0.409. The maximum absolute atomic E-state index is 14.5. The molecular formula is C22H23F2N5O. The molecule has 1 unspecified atom stereocenters. The maximum Gasteiger partial charge on any atom is 0.345 e. The van der Waals surface area contributed by atoms with Gasteiger partial charge in [-0.05, 0) is 62.4 Å². The number of urea groups is 1. The van der Waals surface area contributed by atoms with E-state index in [1.54, 1.807) is 11.1 Å². The maximum atomic E-state index is 14.5. The largest absolute Gasteiger partial charge is 0.350 e. The molecule has 1 aromatic carbocycles. The summed E-state index contributed by atoms with van der Waals surface area (Å²) in [6.45, 7) is 2.16. The van der Waals surface area contributed by atoms with E-state index in [-0.39, 0.29) is 12.1 Å². The Morgan fingerprint density at radius 3 is 2.70 bits per heavy atom. The lowest BCUT2D eigenvalue weighted by Gasteiger charge is -2.28. The number of hydrogen-bond donors (Lipinski definition) is 0. The third-order valence-electron chi connectivity index (χ3n) is 6.08. The van der Waals surface area contributed by atoms with Crippen molar-refractivity contribution >= 4 is 29.7 Å². The second kappa shape index (κ2) is 7.66. The molecule has 0 radical (unpaired) electrons. The molecule has 0 saturated carbocycles. The minimum absolute atomic E-state index is 0.252. The standard InChI is InChI=1S/C22H23F2N5O/c23-15-6-7-17(24)16(13-15)18-5-4-12-28(18)21-9-8-19-25-14-20(29(19)21)26-22(30)27-10-2-1-3-11-27/h6-9,13-14,18H,1-5,10-12H2. The van der Waals surface area contributed by atoms with Crippen LogP contribution in [-0.4, -0.2) is 47.2 Å². The summed E-state index contributed by atoms with van der Waals surface area (Å²) in [5, 5.41) is 0. The molecule has 2 fully saturated rings. The number of fused-ring (bicyclic) bond motifs is 1. The lowest BCUT2D eigenvalue weighted by atomic mass is 10.0. The Balaban J connectivity index is 1.47. The molecule has 1 aromatic heterocycles. The Hall–Kier alpha value is -3.03. The van der Waals surface area contributed by atoms with Crippen molar-refractivity contribution in [2.75, 3.05) is 24.5 Å². The zero-order chi connectivity index (χ0) is 20.7. The lowest BCUT2D eigenvalue weighted by Crippen LogP contribution is -2.34. The van der Waals surface area contributed by atoms with Gasteiger partial charge in [0.1, 0.15) is 23.3 Å². The Bertz CT molecular complexity index is 1040. The van der Waals surface area contributed by atoms with Crippen molar-refractivity contribution in [1.29, 1.82) is 0 Å². The summed E-state index contributed by atoms with van der Waals surface area (Å²) >= 11 is 0. The van der Waals surface area contributed by atoms with Gasteiger partial charge in [0.2, 0.25) is 0 Å². The average molecular weight is 411 g/mol. The molecule has 2 aromatic rings. The zero-order valence-electron chi connectivity index (χ0n) is 16.6. The number of aromatic nitrogens is 1. The van der Waals surface area contributed by atoms with Gasteiger partial charge >= 0.3 is 6.03 Å². The minimum Gasteiger partial charge on any atom is -0.350 e. The van der Waals surface area contributed by atoms with E-state index >= 15 is 0 Å². The summed E-state index contributed by atoms with van der Waals surface area (Å²) in [5.74, 6) is 1.08. The van der Waals surface area contributed by atoms with E-state index in [4.69, 9.17) is 0 Å². The number of anilines is 1. The van der Waals surface area contributed by atoms with E-state index in [2.05, 4.69) is 14.9 Å². The van der Waals surface area contributed by atoms with E-state index in [1.807, 2.05) is 16.7 Å². The third kappa shape index (κ3) is 3.30.